The van der Waals surface area contributed by atoms with E-state index in [0.29, 0.717) is 34.2 Å². The molecule has 0 bridgehead atoms. The van der Waals surface area contributed by atoms with Crippen molar-refractivity contribution >= 4 is 17.6 Å². The zero-order valence-electron chi connectivity index (χ0n) is 18.1. The highest BCUT2D eigenvalue weighted by Crippen LogP contribution is 2.40. The minimum absolute atomic E-state index is 0.0454. The maximum absolute atomic E-state index is 13.2. The molecule has 0 saturated carbocycles. The largest absolute Gasteiger partial charge is 0.485 e. The number of ether oxygens (including phenoxy) is 5. The van der Waals surface area contributed by atoms with Gasteiger partial charge >= 0.3 is 5.97 Å². The van der Waals surface area contributed by atoms with Gasteiger partial charge < -0.3 is 33.6 Å². The minimum atomic E-state index is -0.889. The molecule has 1 atom stereocenters. The van der Waals surface area contributed by atoms with E-state index >= 15 is 0 Å². The summed E-state index contributed by atoms with van der Waals surface area (Å²) in [5.41, 5.74) is 1.91. The molecule has 2 aliphatic rings. The molecule has 5 rings (SSSR count). The summed E-state index contributed by atoms with van der Waals surface area (Å²) in [4.78, 5) is 25.9. The number of nitrogens with one attached hydrogen (secondary N) is 1. The van der Waals surface area contributed by atoms with Crippen molar-refractivity contribution in [3.05, 3.63) is 54.4 Å². The van der Waals surface area contributed by atoms with Crippen LogP contribution < -0.4 is 24.3 Å². The third kappa shape index (κ3) is 3.82. The monoisotopic (exact) mass is 450 g/mol. The molecule has 0 radical (unpaired) electrons. The molecule has 2 aliphatic heterocycles. The first-order valence-electron chi connectivity index (χ1n) is 10.5. The predicted octanol–water partition coefficient (Wildman–Crippen LogP) is 3.38. The summed E-state index contributed by atoms with van der Waals surface area (Å²) >= 11 is 0. The molecule has 2 aromatic carbocycles. The number of hydrogen-bond donors (Lipinski definition) is 1. The number of nitrogens with zero attached hydrogens (tertiary/aromatic N) is 1. The number of rotatable bonds is 5. The van der Waals surface area contributed by atoms with Gasteiger partial charge in [-0.1, -0.05) is 18.2 Å². The van der Waals surface area contributed by atoms with Gasteiger partial charge in [0, 0.05) is 18.8 Å². The number of anilines is 1. The lowest BCUT2D eigenvalue weighted by atomic mass is 10.1. The second kappa shape index (κ2) is 8.42. The number of amides is 1. The van der Waals surface area contributed by atoms with Gasteiger partial charge in [0.05, 0.1) is 12.3 Å². The van der Waals surface area contributed by atoms with E-state index in [9.17, 15) is 9.59 Å². The van der Waals surface area contributed by atoms with Crippen LogP contribution >= 0.6 is 0 Å². The van der Waals surface area contributed by atoms with E-state index < -0.39 is 18.0 Å². The van der Waals surface area contributed by atoms with Gasteiger partial charge in [-0.25, -0.2) is 4.79 Å². The number of hydrogen-bond acceptors (Lipinski definition) is 7. The summed E-state index contributed by atoms with van der Waals surface area (Å²) in [5.74, 6) is 1.30. The van der Waals surface area contributed by atoms with Gasteiger partial charge in [0.1, 0.15) is 6.61 Å². The number of fused-ring (bicyclic) bond motifs is 2. The van der Waals surface area contributed by atoms with Gasteiger partial charge in [-0.05, 0) is 36.8 Å². The van der Waals surface area contributed by atoms with Crippen LogP contribution in [0.1, 0.15) is 17.4 Å². The normalized spacial score (nSPS) is 15.8. The van der Waals surface area contributed by atoms with Gasteiger partial charge in [0.25, 0.3) is 5.91 Å². The van der Waals surface area contributed by atoms with Crippen LogP contribution in [0.4, 0.5) is 5.69 Å². The Morgan fingerprint density at radius 1 is 1.06 bits per heavy atom. The van der Waals surface area contributed by atoms with Gasteiger partial charge in [-0.3, -0.25) is 4.79 Å². The van der Waals surface area contributed by atoms with Crippen LogP contribution in [0.2, 0.25) is 0 Å². The van der Waals surface area contributed by atoms with Crippen LogP contribution in [0, 0.1) is 0 Å². The second-order valence-corrected chi connectivity index (χ2v) is 7.52. The first-order valence-corrected chi connectivity index (χ1v) is 10.5. The standard InChI is InChI=1S/C24H22N2O7/c1-3-29-24(28)22-21(25-23(27)20-12-30-16-6-4-5-7-18(16)33-20)15(11-26(22)2)14-8-9-17-19(10-14)32-13-31-17/h4-11,20H,3,12-13H2,1-2H3,(H,25,27)/t20-/m0/s1. The third-order valence-electron chi connectivity index (χ3n) is 5.38. The molecule has 0 fully saturated rings. The highest BCUT2D eigenvalue weighted by Gasteiger charge is 2.31. The minimum Gasteiger partial charge on any atom is -0.485 e. The molecule has 0 saturated heterocycles. The average Bonchev–Trinajstić information content (AvgIpc) is 3.42. The van der Waals surface area contributed by atoms with Gasteiger partial charge in [-0.2, -0.15) is 0 Å². The van der Waals surface area contributed by atoms with Crippen LogP contribution in [0.5, 0.6) is 23.0 Å². The molecule has 33 heavy (non-hydrogen) atoms. The van der Waals surface area contributed by atoms with Crippen molar-refractivity contribution in [2.75, 3.05) is 25.3 Å². The molecule has 1 N–H and O–H groups in total. The van der Waals surface area contributed by atoms with Crippen molar-refractivity contribution < 1.29 is 33.3 Å². The first-order chi connectivity index (χ1) is 16.0. The van der Waals surface area contributed by atoms with Crippen LogP contribution in [0.15, 0.2) is 48.7 Å². The first kappa shape index (κ1) is 20.7. The van der Waals surface area contributed by atoms with Crippen LogP contribution in [0.3, 0.4) is 0 Å². The van der Waals surface area contributed by atoms with Crippen molar-refractivity contribution in [3.8, 4) is 34.1 Å². The van der Waals surface area contributed by atoms with E-state index in [2.05, 4.69) is 5.32 Å². The van der Waals surface area contributed by atoms with Gasteiger partial charge in [0.2, 0.25) is 12.9 Å². The molecule has 9 nitrogen and oxygen atoms in total. The van der Waals surface area contributed by atoms with Crippen molar-refractivity contribution in [2.24, 2.45) is 7.05 Å². The SMILES string of the molecule is CCOC(=O)c1c(NC(=O)[C@@H]2COc3ccccc3O2)c(-c2ccc3c(c2)OCO3)cn1C. The molecule has 1 amide bonds. The van der Waals surface area contributed by atoms with E-state index in [0.717, 1.165) is 5.56 Å². The van der Waals surface area contributed by atoms with Gasteiger partial charge in [-0.15, -0.1) is 0 Å². The van der Waals surface area contributed by atoms with E-state index in [1.54, 1.807) is 55.1 Å². The Morgan fingerprint density at radius 3 is 2.64 bits per heavy atom. The summed E-state index contributed by atoms with van der Waals surface area (Å²) in [6.07, 6.45) is 0.868. The third-order valence-corrected chi connectivity index (χ3v) is 5.38. The number of esters is 1. The van der Waals surface area contributed by atoms with Gasteiger partial charge in [0.15, 0.2) is 28.7 Å². The maximum Gasteiger partial charge on any atom is 0.357 e. The molecule has 0 aliphatic carbocycles. The molecule has 9 heteroatoms. The molecule has 3 heterocycles. The highest BCUT2D eigenvalue weighted by atomic mass is 16.7. The Hall–Kier alpha value is -4.14. The second-order valence-electron chi connectivity index (χ2n) is 7.52. The molecular weight excluding hydrogens is 428 g/mol. The van der Waals surface area contributed by atoms with E-state index in [1.807, 2.05) is 12.1 Å². The van der Waals surface area contributed by atoms with E-state index in [-0.39, 0.29) is 25.7 Å². The Kier molecular flexibility index (Phi) is 5.29. The zero-order chi connectivity index (χ0) is 22.9. The fourth-order valence-electron chi connectivity index (χ4n) is 3.83. The van der Waals surface area contributed by atoms with Crippen LogP contribution in [-0.4, -0.2) is 42.6 Å². The summed E-state index contributed by atoms with van der Waals surface area (Å²) in [6, 6.07) is 12.6. The molecule has 170 valence electrons. The Balaban J connectivity index is 1.50. The number of benzene rings is 2. The lowest BCUT2D eigenvalue weighted by Crippen LogP contribution is -2.40. The number of carbonyl (C=O) groups is 2. The summed E-state index contributed by atoms with van der Waals surface area (Å²) in [5, 5.41) is 2.87. The Bertz CT molecular complexity index is 1230. The van der Waals surface area contributed by atoms with Crippen LogP contribution in [0.25, 0.3) is 11.1 Å². The topological polar surface area (TPSA) is 97.2 Å². The average molecular weight is 450 g/mol. The summed E-state index contributed by atoms with van der Waals surface area (Å²) in [7, 11) is 1.72. The van der Waals surface area contributed by atoms with Crippen molar-refractivity contribution in [1.29, 1.82) is 0 Å². The summed E-state index contributed by atoms with van der Waals surface area (Å²) < 4.78 is 29.2. The quantitative estimate of drug-likeness (QED) is 0.595. The maximum atomic E-state index is 13.2. The molecule has 3 aromatic rings. The molecule has 0 unspecified atom stereocenters. The van der Waals surface area contributed by atoms with Crippen molar-refractivity contribution in [2.45, 2.75) is 13.0 Å². The molecule has 0 spiro atoms. The predicted molar refractivity (Wildman–Crippen MR) is 118 cm³/mol. The number of para-hydroxylation sites is 2. The number of carbonyl (C=O) groups excluding carboxylic acids is 2. The molecular formula is C24H22N2O7. The van der Waals surface area contributed by atoms with Crippen molar-refractivity contribution in [1.82, 2.24) is 4.57 Å². The lowest BCUT2D eigenvalue weighted by Gasteiger charge is -2.25. The van der Waals surface area contributed by atoms with E-state index in [4.69, 9.17) is 23.7 Å². The Labute approximate surface area is 189 Å². The van der Waals surface area contributed by atoms with E-state index in [1.165, 1.54) is 0 Å². The van der Waals surface area contributed by atoms with Crippen molar-refractivity contribution in [3.63, 3.8) is 0 Å². The number of aryl methyl sites for hydroxylation is 1. The smallest absolute Gasteiger partial charge is 0.357 e. The fourth-order valence-corrected chi connectivity index (χ4v) is 3.83. The number of aromatic nitrogens is 1. The highest BCUT2D eigenvalue weighted by molar-refractivity contribution is 6.06. The molecule has 1 aromatic heterocycles. The Morgan fingerprint density at radius 2 is 1.82 bits per heavy atom. The fraction of sp³-hybridized carbons (Fsp3) is 0.250. The summed E-state index contributed by atoms with van der Waals surface area (Å²) in [6.45, 7) is 2.12. The van der Waals surface area contributed by atoms with Crippen LogP contribution in [-0.2, 0) is 16.6 Å². The lowest BCUT2D eigenvalue weighted by molar-refractivity contribution is -0.125. The zero-order valence-corrected chi connectivity index (χ0v) is 18.1.